The number of hydrogen-bond donors (Lipinski definition) is 2. The number of aromatic nitrogens is 1. The number of pyridine rings is 1. The maximum absolute atomic E-state index is 12.7. The summed E-state index contributed by atoms with van der Waals surface area (Å²) in [5.41, 5.74) is 6.28. The Morgan fingerprint density at radius 3 is 2.48 bits per heavy atom. The number of nitrogens with zero attached hydrogens (tertiary/aromatic N) is 1. The van der Waals surface area contributed by atoms with Crippen LogP contribution in [0.15, 0.2) is 54.9 Å². The molecule has 0 fully saturated rings. The van der Waals surface area contributed by atoms with Gasteiger partial charge in [-0.2, -0.15) is 0 Å². The number of ether oxygens (including phenoxy) is 1. The molecule has 0 bridgehead atoms. The van der Waals surface area contributed by atoms with Gasteiger partial charge in [-0.3, -0.25) is 9.78 Å². The average Bonchev–Trinajstić information content (AvgIpc) is 2.65. The highest BCUT2D eigenvalue weighted by Gasteiger charge is 2.11. The van der Waals surface area contributed by atoms with E-state index in [0.29, 0.717) is 17.0 Å². The summed E-state index contributed by atoms with van der Waals surface area (Å²) in [6.45, 7) is 6.10. The summed E-state index contributed by atoms with van der Waals surface area (Å²) in [6.07, 6.45) is 3.24. The molecule has 3 aromatic rings. The number of hydrogen-bond acceptors (Lipinski definition) is 4. The van der Waals surface area contributed by atoms with Crippen LogP contribution in [0.25, 0.3) is 0 Å². The van der Waals surface area contributed by atoms with Crippen LogP contribution in [0.5, 0.6) is 5.75 Å². The van der Waals surface area contributed by atoms with Crippen LogP contribution in [0.3, 0.4) is 0 Å². The van der Waals surface area contributed by atoms with Gasteiger partial charge in [0.25, 0.3) is 5.91 Å². The van der Waals surface area contributed by atoms with Crippen molar-refractivity contribution in [2.75, 3.05) is 17.7 Å². The van der Waals surface area contributed by atoms with Crippen LogP contribution in [0.2, 0.25) is 0 Å². The molecular weight excluding hydrogens is 338 g/mol. The van der Waals surface area contributed by atoms with Gasteiger partial charge in [-0.15, -0.1) is 0 Å². The smallest absolute Gasteiger partial charge is 0.257 e. The number of methoxy groups -OCH3 is 1. The number of anilines is 3. The van der Waals surface area contributed by atoms with Crippen molar-refractivity contribution >= 4 is 23.0 Å². The second-order valence-electron chi connectivity index (χ2n) is 6.54. The van der Waals surface area contributed by atoms with Gasteiger partial charge in [0.15, 0.2) is 0 Å². The van der Waals surface area contributed by atoms with Crippen LogP contribution in [-0.2, 0) is 0 Å². The first-order valence-electron chi connectivity index (χ1n) is 8.71. The molecule has 0 saturated carbocycles. The Kier molecular flexibility index (Phi) is 5.41. The zero-order valence-electron chi connectivity index (χ0n) is 16.0. The van der Waals surface area contributed by atoms with E-state index in [1.54, 1.807) is 25.6 Å². The van der Waals surface area contributed by atoms with Crippen molar-refractivity contribution in [3.63, 3.8) is 0 Å². The van der Waals surface area contributed by atoms with E-state index >= 15 is 0 Å². The Morgan fingerprint density at radius 2 is 1.74 bits per heavy atom. The minimum atomic E-state index is -0.241. The molecule has 0 aliphatic carbocycles. The molecule has 1 aromatic heterocycles. The van der Waals surface area contributed by atoms with Gasteiger partial charge >= 0.3 is 0 Å². The molecule has 0 atom stereocenters. The predicted octanol–water partition coefficient (Wildman–Crippen LogP) is 5.01. The molecular formula is C22H23N3O2. The van der Waals surface area contributed by atoms with Gasteiger partial charge in [0.05, 0.1) is 30.2 Å². The normalized spacial score (nSPS) is 10.4. The van der Waals surface area contributed by atoms with Gasteiger partial charge < -0.3 is 15.4 Å². The maximum atomic E-state index is 12.7. The van der Waals surface area contributed by atoms with E-state index in [4.69, 9.17) is 4.74 Å². The summed E-state index contributed by atoms with van der Waals surface area (Å²) in [4.78, 5) is 16.9. The molecule has 5 heteroatoms. The van der Waals surface area contributed by atoms with E-state index in [2.05, 4.69) is 41.6 Å². The number of carbonyl (C=O) groups excluding carboxylic acids is 1. The highest BCUT2D eigenvalue weighted by molar-refractivity contribution is 6.05. The SMILES string of the molecule is COc1ccc(C)cc1NC(=O)c1cncc(Nc2ccc(C)c(C)c2)c1. The van der Waals surface area contributed by atoms with E-state index in [1.807, 2.05) is 31.2 Å². The lowest BCUT2D eigenvalue weighted by molar-refractivity contribution is 0.102. The van der Waals surface area contributed by atoms with Crippen molar-refractivity contribution in [1.82, 2.24) is 4.98 Å². The number of amides is 1. The predicted molar refractivity (Wildman–Crippen MR) is 109 cm³/mol. The summed E-state index contributed by atoms with van der Waals surface area (Å²) >= 11 is 0. The molecule has 0 aliphatic rings. The van der Waals surface area contributed by atoms with Gasteiger partial charge in [0.2, 0.25) is 0 Å². The first-order chi connectivity index (χ1) is 13.0. The van der Waals surface area contributed by atoms with Crippen molar-refractivity contribution in [2.24, 2.45) is 0 Å². The fourth-order valence-electron chi connectivity index (χ4n) is 2.73. The molecule has 1 amide bonds. The van der Waals surface area contributed by atoms with Crippen LogP contribution in [0, 0.1) is 20.8 Å². The lowest BCUT2D eigenvalue weighted by atomic mass is 10.1. The van der Waals surface area contributed by atoms with Crippen LogP contribution < -0.4 is 15.4 Å². The van der Waals surface area contributed by atoms with Crippen molar-refractivity contribution in [2.45, 2.75) is 20.8 Å². The Morgan fingerprint density at radius 1 is 0.926 bits per heavy atom. The van der Waals surface area contributed by atoms with Crippen molar-refractivity contribution in [3.05, 3.63) is 77.1 Å². The largest absolute Gasteiger partial charge is 0.495 e. The molecule has 3 rings (SSSR count). The van der Waals surface area contributed by atoms with Gasteiger partial charge in [-0.25, -0.2) is 0 Å². The molecule has 27 heavy (non-hydrogen) atoms. The Labute approximate surface area is 159 Å². The van der Waals surface area contributed by atoms with Crippen LogP contribution in [0.1, 0.15) is 27.0 Å². The zero-order valence-corrected chi connectivity index (χ0v) is 16.0. The second-order valence-corrected chi connectivity index (χ2v) is 6.54. The minimum Gasteiger partial charge on any atom is -0.495 e. The summed E-state index contributed by atoms with van der Waals surface area (Å²) in [7, 11) is 1.58. The molecule has 5 nitrogen and oxygen atoms in total. The van der Waals surface area contributed by atoms with Crippen molar-refractivity contribution < 1.29 is 9.53 Å². The Balaban J connectivity index is 1.79. The summed E-state index contributed by atoms with van der Waals surface area (Å²) < 4.78 is 5.32. The first-order valence-corrected chi connectivity index (χ1v) is 8.71. The lowest BCUT2D eigenvalue weighted by Crippen LogP contribution is -2.13. The third-order valence-corrected chi connectivity index (χ3v) is 4.40. The summed E-state index contributed by atoms with van der Waals surface area (Å²) in [5, 5.41) is 6.19. The van der Waals surface area contributed by atoms with Crippen LogP contribution in [0.4, 0.5) is 17.1 Å². The van der Waals surface area contributed by atoms with Crippen molar-refractivity contribution in [3.8, 4) is 5.75 Å². The van der Waals surface area contributed by atoms with Crippen LogP contribution in [-0.4, -0.2) is 18.0 Å². The number of benzene rings is 2. The third-order valence-electron chi connectivity index (χ3n) is 4.40. The monoisotopic (exact) mass is 361 g/mol. The Hall–Kier alpha value is -3.34. The molecule has 1 heterocycles. The van der Waals surface area contributed by atoms with E-state index in [9.17, 15) is 4.79 Å². The summed E-state index contributed by atoms with van der Waals surface area (Å²) in [6, 6.07) is 13.6. The quantitative estimate of drug-likeness (QED) is 0.670. The number of rotatable bonds is 5. The second kappa shape index (κ2) is 7.91. The topological polar surface area (TPSA) is 63.2 Å². The van der Waals surface area contributed by atoms with E-state index < -0.39 is 0 Å². The molecule has 0 radical (unpaired) electrons. The molecule has 0 saturated heterocycles. The highest BCUT2D eigenvalue weighted by Crippen LogP contribution is 2.26. The van der Waals surface area contributed by atoms with Gasteiger partial charge in [-0.05, 0) is 67.8 Å². The zero-order chi connectivity index (χ0) is 19.4. The molecule has 0 spiro atoms. The standard InChI is InChI=1S/C22H23N3O2/c1-14-5-8-21(27-4)20(9-14)25-22(26)17-11-19(13-23-12-17)24-18-7-6-15(2)16(3)10-18/h5-13,24H,1-4H3,(H,25,26). The molecule has 138 valence electrons. The van der Waals surface area contributed by atoms with E-state index in [-0.39, 0.29) is 5.91 Å². The number of aryl methyl sites for hydroxylation is 3. The third kappa shape index (κ3) is 4.44. The van der Waals surface area contributed by atoms with Gasteiger partial charge in [0.1, 0.15) is 5.75 Å². The molecule has 0 aliphatic heterocycles. The lowest BCUT2D eigenvalue weighted by Gasteiger charge is -2.12. The molecule has 0 unspecified atom stereocenters. The van der Waals surface area contributed by atoms with E-state index in [0.717, 1.165) is 16.9 Å². The summed E-state index contributed by atoms with van der Waals surface area (Å²) in [5.74, 6) is 0.376. The highest BCUT2D eigenvalue weighted by atomic mass is 16.5. The Bertz CT molecular complexity index is 983. The fraction of sp³-hybridized carbons (Fsp3) is 0.182. The van der Waals surface area contributed by atoms with Crippen molar-refractivity contribution in [1.29, 1.82) is 0 Å². The number of nitrogens with one attached hydrogen (secondary N) is 2. The number of carbonyl (C=O) groups is 1. The van der Waals surface area contributed by atoms with E-state index in [1.165, 1.54) is 11.1 Å². The van der Waals surface area contributed by atoms with Gasteiger partial charge in [0, 0.05) is 11.9 Å². The first kappa shape index (κ1) is 18.5. The average molecular weight is 361 g/mol. The minimum absolute atomic E-state index is 0.241. The molecule has 2 aromatic carbocycles. The van der Waals surface area contributed by atoms with Gasteiger partial charge in [-0.1, -0.05) is 12.1 Å². The maximum Gasteiger partial charge on any atom is 0.257 e. The fourth-order valence-corrected chi connectivity index (χ4v) is 2.73. The van der Waals surface area contributed by atoms with Crippen LogP contribution >= 0.6 is 0 Å². The molecule has 2 N–H and O–H groups in total.